The number of aromatic nitrogens is 1. The molecule has 0 bridgehead atoms. The van der Waals surface area contributed by atoms with Crippen LogP contribution in [0.1, 0.15) is 29.8 Å². The van der Waals surface area contributed by atoms with Crippen LogP contribution in [0, 0.1) is 0 Å². The van der Waals surface area contributed by atoms with Gasteiger partial charge in [-0.15, -0.1) is 0 Å². The van der Waals surface area contributed by atoms with Gasteiger partial charge in [-0.25, -0.2) is 0 Å². The van der Waals surface area contributed by atoms with Crippen LogP contribution in [0.25, 0.3) is 0 Å². The van der Waals surface area contributed by atoms with Gasteiger partial charge in [-0.2, -0.15) is 0 Å². The first-order chi connectivity index (χ1) is 11.9. The number of nitrogens with one attached hydrogen (secondary N) is 1. The second kappa shape index (κ2) is 6.63. The van der Waals surface area contributed by atoms with E-state index in [0.717, 1.165) is 17.1 Å². The van der Waals surface area contributed by atoms with Crippen LogP contribution in [-0.4, -0.2) is 30.2 Å². The maximum Gasteiger partial charge on any atom is 0.252 e. The second-order valence-electron chi connectivity index (χ2n) is 6.79. The number of pyridine rings is 1. The molecule has 2 aromatic rings. The van der Waals surface area contributed by atoms with Crippen molar-refractivity contribution in [3.05, 3.63) is 58.0 Å². The molecule has 1 N–H and O–H groups in total. The molecule has 1 aliphatic rings. The van der Waals surface area contributed by atoms with Crippen molar-refractivity contribution in [1.29, 1.82) is 0 Å². The number of ether oxygens (including phenoxy) is 2. The Morgan fingerprint density at radius 3 is 2.60 bits per heavy atom. The predicted molar refractivity (Wildman–Crippen MR) is 94.5 cm³/mol. The summed E-state index contributed by atoms with van der Waals surface area (Å²) in [6.07, 6.45) is 1.54. The highest BCUT2D eigenvalue weighted by Gasteiger charge is 2.24. The van der Waals surface area contributed by atoms with Crippen LogP contribution in [0.4, 0.5) is 0 Å². The van der Waals surface area contributed by atoms with E-state index in [0.29, 0.717) is 25.3 Å². The zero-order valence-electron chi connectivity index (χ0n) is 14.7. The SMILES string of the molecule is Cn1cc(C(=O)NCC(C)(C)c2ccc3c(c2)OCCO3)ccc1=O. The number of benzene rings is 1. The Bertz CT molecular complexity index is 855. The summed E-state index contributed by atoms with van der Waals surface area (Å²) >= 11 is 0. The maximum atomic E-state index is 12.3. The first kappa shape index (κ1) is 17.1. The lowest BCUT2D eigenvalue weighted by Crippen LogP contribution is -2.37. The number of carbonyl (C=O) groups is 1. The lowest BCUT2D eigenvalue weighted by Gasteiger charge is -2.28. The molecule has 1 amide bonds. The molecular formula is C19H22N2O4. The van der Waals surface area contributed by atoms with Crippen LogP contribution in [0.3, 0.4) is 0 Å². The third kappa shape index (κ3) is 3.68. The molecule has 1 aromatic carbocycles. The zero-order valence-corrected chi connectivity index (χ0v) is 14.7. The summed E-state index contributed by atoms with van der Waals surface area (Å²) in [6.45, 7) is 5.67. The summed E-state index contributed by atoms with van der Waals surface area (Å²) in [5, 5.41) is 2.94. The van der Waals surface area contributed by atoms with Gasteiger partial charge in [0, 0.05) is 31.3 Å². The highest BCUT2D eigenvalue weighted by molar-refractivity contribution is 5.93. The van der Waals surface area contributed by atoms with Crippen LogP contribution < -0.4 is 20.3 Å². The minimum absolute atomic E-state index is 0.145. The molecule has 0 fully saturated rings. The number of aryl methyl sites for hydroxylation is 1. The first-order valence-corrected chi connectivity index (χ1v) is 8.22. The molecule has 0 saturated heterocycles. The Labute approximate surface area is 146 Å². The lowest BCUT2D eigenvalue weighted by atomic mass is 9.84. The van der Waals surface area contributed by atoms with Gasteiger partial charge in [-0.3, -0.25) is 9.59 Å². The van der Waals surface area contributed by atoms with Gasteiger partial charge in [-0.05, 0) is 23.8 Å². The minimum atomic E-state index is -0.286. The van der Waals surface area contributed by atoms with Crippen molar-refractivity contribution in [1.82, 2.24) is 9.88 Å². The van der Waals surface area contributed by atoms with E-state index in [1.54, 1.807) is 7.05 Å². The topological polar surface area (TPSA) is 69.6 Å². The molecule has 132 valence electrons. The standard InChI is InChI=1S/C19H22N2O4/c1-19(2,14-5-6-15-16(10-14)25-9-8-24-15)12-20-18(23)13-4-7-17(22)21(3)11-13/h4-7,10-11H,8-9,12H2,1-3H3,(H,20,23). The lowest BCUT2D eigenvalue weighted by molar-refractivity contribution is 0.0945. The van der Waals surface area contributed by atoms with Gasteiger partial charge < -0.3 is 19.4 Å². The molecule has 0 radical (unpaired) electrons. The molecule has 1 aliphatic heterocycles. The molecule has 1 aromatic heterocycles. The number of hydrogen-bond donors (Lipinski definition) is 1. The van der Waals surface area contributed by atoms with E-state index in [1.807, 2.05) is 18.2 Å². The summed E-state index contributed by atoms with van der Waals surface area (Å²) in [7, 11) is 1.62. The van der Waals surface area contributed by atoms with E-state index < -0.39 is 0 Å². The van der Waals surface area contributed by atoms with Gasteiger partial charge in [0.1, 0.15) is 13.2 Å². The van der Waals surface area contributed by atoms with E-state index in [9.17, 15) is 9.59 Å². The van der Waals surface area contributed by atoms with Crippen molar-refractivity contribution in [2.45, 2.75) is 19.3 Å². The summed E-state index contributed by atoms with van der Waals surface area (Å²) < 4.78 is 12.6. The molecule has 0 saturated carbocycles. The molecule has 6 nitrogen and oxygen atoms in total. The van der Waals surface area contributed by atoms with Gasteiger partial charge in [0.05, 0.1) is 5.56 Å². The maximum absolute atomic E-state index is 12.3. The van der Waals surface area contributed by atoms with Crippen LogP contribution >= 0.6 is 0 Å². The number of amides is 1. The van der Waals surface area contributed by atoms with Crippen molar-refractivity contribution < 1.29 is 14.3 Å². The molecule has 0 aliphatic carbocycles. The quantitative estimate of drug-likeness (QED) is 0.921. The monoisotopic (exact) mass is 342 g/mol. The average Bonchev–Trinajstić information content (AvgIpc) is 2.61. The number of fused-ring (bicyclic) bond motifs is 1. The van der Waals surface area contributed by atoms with Gasteiger partial charge >= 0.3 is 0 Å². The van der Waals surface area contributed by atoms with Crippen molar-refractivity contribution in [2.75, 3.05) is 19.8 Å². The van der Waals surface area contributed by atoms with Gasteiger partial charge in [0.15, 0.2) is 11.5 Å². The average molecular weight is 342 g/mol. The third-order valence-corrected chi connectivity index (χ3v) is 4.36. The van der Waals surface area contributed by atoms with Crippen molar-refractivity contribution in [2.24, 2.45) is 7.05 Å². The van der Waals surface area contributed by atoms with E-state index in [-0.39, 0.29) is 16.9 Å². The Kier molecular flexibility index (Phi) is 4.53. The molecular weight excluding hydrogens is 320 g/mol. The van der Waals surface area contributed by atoms with Crippen LogP contribution in [0.2, 0.25) is 0 Å². The number of hydrogen-bond acceptors (Lipinski definition) is 4. The molecule has 0 spiro atoms. The van der Waals surface area contributed by atoms with E-state index in [4.69, 9.17) is 9.47 Å². The van der Waals surface area contributed by atoms with Gasteiger partial charge in [0.2, 0.25) is 5.56 Å². The van der Waals surface area contributed by atoms with E-state index in [2.05, 4.69) is 19.2 Å². The Morgan fingerprint density at radius 2 is 1.88 bits per heavy atom. The van der Waals surface area contributed by atoms with Crippen molar-refractivity contribution in [3.8, 4) is 11.5 Å². The Morgan fingerprint density at radius 1 is 1.16 bits per heavy atom. The highest BCUT2D eigenvalue weighted by Crippen LogP contribution is 2.34. The zero-order chi connectivity index (χ0) is 18.0. The number of carbonyl (C=O) groups excluding carboxylic acids is 1. The first-order valence-electron chi connectivity index (χ1n) is 8.22. The predicted octanol–water partition coefficient (Wildman–Crippen LogP) is 1.86. The summed E-state index contributed by atoms with van der Waals surface area (Å²) in [6, 6.07) is 8.79. The van der Waals surface area contributed by atoms with Crippen molar-refractivity contribution >= 4 is 5.91 Å². The van der Waals surface area contributed by atoms with E-state index >= 15 is 0 Å². The van der Waals surface area contributed by atoms with Crippen LogP contribution in [0.5, 0.6) is 11.5 Å². The highest BCUT2D eigenvalue weighted by atomic mass is 16.6. The fourth-order valence-electron chi connectivity index (χ4n) is 2.70. The largest absolute Gasteiger partial charge is 0.486 e. The summed E-state index contributed by atoms with van der Waals surface area (Å²) in [5.41, 5.74) is 1.08. The van der Waals surface area contributed by atoms with Crippen LogP contribution in [-0.2, 0) is 12.5 Å². The Balaban J connectivity index is 1.71. The fraction of sp³-hybridized carbons (Fsp3) is 0.368. The van der Waals surface area contributed by atoms with Gasteiger partial charge in [-0.1, -0.05) is 19.9 Å². The normalized spacial score (nSPS) is 13.4. The van der Waals surface area contributed by atoms with Crippen molar-refractivity contribution in [3.63, 3.8) is 0 Å². The molecule has 25 heavy (non-hydrogen) atoms. The molecule has 3 rings (SSSR count). The fourth-order valence-corrected chi connectivity index (χ4v) is 2.70. The number of nitrogens with zero attached hydrogens (tertiary/aromatic N) is 1. The summed E-state index contributed by atoms with van der Waals surface area (Å²) in [5.74, 6) is 1.28. The third-order valence-electron chi connectivity index (χ3n) is 4.36. The Hall–Kier alpha value is -2.76. The molecule has 6 heteroatoms. The summed E-state index contributed by atoms with van der Waals surface area (Å²) in [4.78, 5) is 23.8. The molecule has 2 heterocycles. The minimum Gasteiger partial charge on any atom is -0.486 e. The van der Waals surface area contributed by atoms with Gasteiger partial charge in [0.25, 0.3) is 5.91 Å². The smallest absolute Gasteiger partial charge is 0.252 e. The number of rotatable bonds is 4. The molecule has 0 atom stereocenters. The van der Waals surface area contributed by atoms with E-state index in [1.165, 1.54) is 22.9 Å². The molecule has 0 unspecified atom stereocenters. The van der Waals surface area contributed by atoms with Crippen LogP contribution in [0.15, 0.2) is 41.3 Å². The second-order valence-corrected chi connectivity index (χ2v) is 6.79.